The molecular formula is C29H36ClNO2. The second-order valence-electron chi connectivity index (χ2n) is 8.94. The molecule has 0 aromatic heterocycles. The van der Waals surface area contributed by atoms with Crippen LogP contribution in [0.25, 0.3) is 0 Å². The highest BCUT2D eigenvalue weighted by atomic mass is 35.5. The van der Waals surface area contributed by atoms with Crippen LogP contribution in [0.2, 0.25) is 0 Å². The van der Waals surface area contributed by atoms with Crippen molar-refractivity contribution < 1.29 is 26.8 Å². The van der Waals surface area contributed by atoms with Crippen LogP contribution in [0.5, 0.6) is 0 Å². The van der Waals surface area contributed by atoms with Crippen molar-refractivity contribution in [2.75, 3.05) is 14.1 Å². The third kappa shape index (κ3) is 6.46. The molecule has 3 nitrogen and oxygen atoms in total. The molecule has 0 saturated carbocycles. The number of carbonyl (C=O) groups is 1. The first-order chi connectivity index (χ1) is 15.5. The largest absolute Gasteiger partial charge is 1.00 e. The van der Waals surface area contributed by atoms with Crippen molar-refractivity contribution in [3.63, 3.8) is 0 Å². The fraction of sp³-hybridized carbons (Fsp3) is 0.345. The minimum Gasteiger partial charge on any atom is -1.00 e. The normalized spacial score (nSPS) is 13.1. The molecule has 2 atom stereocenters. The van der Waals surface area contributed by atoms with E-state index in [-0.39, 0.29) is 30.9 Å². The van der Waals surface area contributed by atoms with Crippen molar-refractivity contribution in [2.45, 2.75) is 50.7 Å². The van der Waals surface area contributed by atoms with E-state index in [1.807, 2.05) is 42.5 Å². The van der Waals surface area contributed by atoms with E-state index in [1.165, 1.54) is 16.0 Å². The summed E-state index contributed by atoms with van der Waals surface area (Å²) < 4.78 is 6.31. The SMILES string of the molecule is CCC(OC(=O)Cc1ccccc1)C(CC(C)[NH+](C)C)(c1ccccc1)c1ccccc1.[Cl-]. The van der Waals surface area contributed by atoms with Gasteiger partial charge in [-0.1, -0.05) is 97.9 Å². The topological polar surface area (TPSA) is 30.7 Å². The Bertz CT molecular complexity index is 921. The van der Waals surface area contributed by atoms with E-state index in [0.717, 1.165) is 18.4 Å². The number of hydrogen-bond acceptors (Lipinski definition) is 2. The Balaban J connectivity index is 0.00000385. The van der Waals surface area contributed by atoms with Crippen LogP contribution in [0.15, 0.2) is 91.0 Å². The maximum Gasteiger partial charge on any atom is 0.310 e. The van der Waals surface area contributed by atoms with Gasteiger partial charge < -0.3 is 22.0 Å². The molecule has 0 amide bonds. The van der Waals surface area contributed by atoms with Gasteiger partial charge in [-0.25, -0.2) is 0 Å². The van der Waals surface area contributed by atoms with Crippen LogP contribution in [-0.4, -0.2) is 32.2 Å². The van der Waals surface area contributed by atoms with Crippen molar-refractivity contribution >= 4 is 5.97 Å². The maximum atomic E-state index is 13.1. The molecule has 3 rings (SSSR count). The summed E-state index contributed by atoms with van der Waals surface area (Å²) in [6, 6.07) is 31.3. The highest BCUT2D eigenvalue weighted by Gasteiger charge is 2.45. The molecule has 0 fully saturated rings. The van der Waals surface area contributed by atoms with E-state index in [2.05, 4.69) is 76.5 Å². The predicted molar refractivity (Wildman–Crippen MR) is 131 cm³/mol. The molecule has 4 heteroatoms. The van der Waals surface area contributed by atoms with Gasteiger partial charge in [0.05, 0.1) is 32.0 Å². The molecule has 0 saturated heterocycles. The molecule has 2 unspecified atom stereocenters. The summed E-state index contributed by atoms with van der Waals surface area (Å²) in [5, 5.41) is 0. The highest BCUT2D eigenvalue weighted by molar-refractivity contribution is 5.73. The van der Waals surface area contributed by atoms with Gasteiger partial charge >= 0.3 is 5.97 Å². The number of quaternary nitrogens is 1. The number of rotatable bonds is 10. The molecule has 1 N–H and O–H groups in total. The van der Waals surface area contributed by atoms with Gasteiger partial charge in [-0.05, 0) is 30.0 Å². The lowest BCUT2D eigenvalue weighted by Crippen LogP contribution is -3.09. The average Bonchev–Trinajstić information content (AvgIpc) is 2.82. The Kier molecular flexibility index (Phi) is 10.1. The zero-order chi connectivity index (χ0) is 23.0. The van der Waals surface area contributed by atoms with Gasteiger partial charge in [0, 0.05) is 6.42 Å². The number of halogens is 1. The fourth-order valence-electron chi connectivity index (χ4n) is 4.56. The summed E-state index contributed by atoms with van der Waals surface area (Å²) in [5.41, 5.74) is 2.93. The number of benzene rings is 3. The molecule has 176 valence electrons. The van der Waals surface area contributed by atoms with Gasteiger partial charge in [0.2, 0.25) is 0 Å². The molecule has 0 radical (unpaired) electrons. The van der Waals surface area contributed by atoms with E-state index < -0.39 is 5.41 Å². The summed E-state index contributed by atoms with van der Waals surface area (Å²) in [7, 11) is 4.38. The first-order valence-electron chi connectivity index (χ1n) is 11.6. The fourth-order valence-corrected chi connectivity index (χ4v) is 4.56. The van der Waals surface area contributed by atoms with Crippen molar-refractivity contribution in [3.05, 3.63) is 108 Å². The van der Waals surface area contributed by atoms with Crippen LogP contribution < -0.4 is 17.3 Å². The first kappa shape index (κ1) is 26.6. The van der Waals surface area contributed by atoms with Crippen LogP contribution in [0.1, 0.15) is 43.4 Å². The zero-order valence-corrected chi connectivity index (χ0v) is 20.9. The van der Waals surface area contributed by atoms with Crippen LogP contribution >= 0.6 is 0 Å². The molecule has 0 aliphatic heterocycles. The summed E-state index contributed by atoms with van der Waals surface area (Å²) in [5.74, 6) is -0.177. The summed E-state index contributed by atoms with van der Waals surface area (Å²) >= 11 is 0. The molecular weight excluding hydrogens is 430 g/mol. The van der Waals surface area contributed by atoms with E-state index in [4.69, 9.17) is 4.74 Å². The third-order valence-electron chi connectivity index (χ3n) is 6.58. The van der Waals surface area contributed by atoms with Crippen molar-refractivity contribution in [1.82, 2.24) is 0 Å². The number of carbonyl (C=O) groups excluding carboxylic acids is 1. The number of hydrogen-bond donors (Lipinski definition) is 1. The monoisotopic (exact) mass is 465 g/mol. The lowest BCUT2D eigenvalue weighted by molar-refractivity contribution is -0.884. The summed E-state index contributed by atoms with van der Waals surface area (Å²) in [6.07, 6.45) is 1.62. The predicted octanol–water partition coefficient (Wildman–Crippen LogP) is 1.46. The van der Waals surface area contributed by atoms with Crippen molar-refractivity contribution in [3.8, 4) is 0 Å². The van der Waals surface area contributed by atoms with Gasteiger partial charge in [-0.2, -0.15) is 0 Å². The smallest absolute Gasteiger partial charge is 0.310 e. The Morgan fingerprint density at radius 3 is 1.73 bits per heavy atom. The second kappa shape index (κ2) is 12.6. The summed E-state index contributed by atoms with van der Waals surface area (Å²) in [6.45, 7) is 4.39. The Morgan fingerprint density at radius 2 is 1.30 bits per heavy atom. The van der Waals surface area contributed by atoms with E-state index in [1.54, 1.807) is 0 Å². The first-order valence-corrected chi connectivity index (χ1v) is 11.6. The zero-order valence-electron chi connectivity index (χ0n) is 20.1. The molecule has 0 aliphatic carbocycles. The van der Waals surface area contributed by atoms with Crippen LogP contribution in [0.3, 0.4) is 0 Å². The minimum absolute atomic E-state index is 0. The number of ether oxygens (including phenoxy) is 1. The highest BCUT2D eigenvalue weighted by Crippen LogP contribution is 2.42. The van der Waals surface area contributed by atoms with Crippen molar-refractivity contribution in [2.24, 2.45) is 0 Å². The van der Waals surface area contributed by atoms with Gasteiger partial charge in [-0.15, -0.1) is 0 Å². The number of esters is 1. The van der Waals surface area contributed by atoms with Crippen LogP contribution in [0, 0.1) is 0 Å². The number of nitrogens with one attached hydrogen (secondary N) is 1. The molecule has 0 bridgehead atoms. The van der Waals surface area contributed by atoms with Gasteiger partial charge in [-0.3, -0.25) is 4.79 Å². The lowest BCUT2D eigenvalue weighted by atomic mass is 9.65. The van der Waals surface area contributed by atoms with Gasteiger partial charge in [0.25, 0.3) is 0 Å². The Labute approximate surface area is 205 Å². The Hall–Kier alpha value is -2.62. The third-order valence-corrected chi connectivity index (χ3v) is 6.58. The minimum atomic E-state index is -0.430. The van der Waals surface area contributed by atoms with E-state index in [9.17, 15) is 4.79 Å². The molecule has 33 heavy (non-hydrogen) atoms. The van der Waals surface area contributed by atoms with Crippen LogP contribution in [-0.2, 0) is 21.4 Å². The second-order valence-corrected chi connectivity index (χ2v) is 8.94. The van der Waals surface area contributed by atoms with E-state index >= 15 is 0 Å². The Morgan fingerprint density at radius 1 is 0.848 bits per heavy atom. The van der Waals surface area contributed by atoms with Gasteiger partial charge in [0.1, 0.15) is 6.10 Å². The van der Waals surface area contributed by atoms with Crippen LogP contribution in [0.4, 0.5) is 0 Å². The molecule has 3 aromatic carbocycles. The van der Waals surface area contributed by atoms with E-state index in [0.29, 0.717) is 6.04 Å². The van der Waals surface area contributed by atoms with Gasteiger partial charge in [0.15, 0.2) is 0 Å². The maximum absolute atomic E-state index is 13.1. The lowest BCUT2D eigenvalue weighted by Gasteiger charge is -2.43. The molecule has 0 aliphatic rings. The summed E-state index contributed by atoms with van der Waals surface area (Å²) in [4.78, 5) is 14.5. The molecule has 0 heterocycles. The molecule has 0 spiro atoms. The quantitative estimate of drug-likeness (QED) is 0.460. The standard InChI is InChI=1S/C29H35NO2.ClH/c1-5-27(32-28(31)21-24-15-9-6-10-16-24)29(22-23(2)30(3)4,25-17-11-7-12-18-25)26-19-13-8-14-20-26;/h6-20,23,27H,5,21-22H2,1-4H3;1H. The van der Waals surface area contributed by atoms with Crippen molar-refractivity contribution in [1.29, 1.82) is 0 Å². The molecule has 3 aromatic rings. The average molecular weight is 466 g/mol.